The van der Waals surface area contributed by atoms with E-state index < -0.39 is 0 Å². The molecule has 1 atom stereocenters. The third-order valence-electron chi connectivity index (χ3n) is 3.27. The normalized spacial score (nSPS) is 19.3. The van der Waals surface area contributed by atoms with Gasteiger partial charge in [0.1, 0.15) is 6.29 Å². The van der Waals surface area contributed by atoms with Crippen LogP contribution in [0.1, 0.15) is 24.3 Å². The van der Waals surface area contributed by atoms with E-state index in [4.69, 9.17) is 11.6 Å². The number of hydrogen-bond acceptors (Lipinski definition) is 2. The number of hydrogen-bond donors (Lipinski definition) is 1. The molecule has 1 aliphatic rings. The Hall–Kier alpha value is -0.860. The second kappa shape index (κ2) is 5.46. The number of carbonyl (C=O) groups excluding carboxylic acids is 1. The average Bonchev–Trinajstić information content (AvgIpc) is 2.31. The van der Waals surface area contributed by atoms with Crippen LogP contribution in [0.25, 0.3) is 0 Å². The predicted octanol–water partition coefficient (Wildman–Crippen LogP) is 2.62. The van der Waals surface area contributed by atoms with Crippen molar-refractivity contribution in [2.24, 2.45) is 5.92 Å². The van der Waals surface area contributed by atoms with Crippen LogP contribution < -0.4 is 5.32 Å². The molecule has 1 heterocycles. The van der Waals surface area contributed by atoms with E-state index in [1.165, 1.54) is 0 Å². The first kappa shape index (κ1) is 11.6. The maximum Gasteiger partial charge on any atom is 0.127 e. The van der Waals surface area contributed by atoms with Crippen LogP contribution in [-0.2, 0) is 4.79 Å². The van der Waals surface area contributed by atoms with E-state index in [9.17, 15) is 4.79 Å². The van der Waals surface area contributed by atoms with E-state index >= 15 is 0 Å². The van der Waals surface area contributed by atoms with Gasteiger partial charge < -0.3 is 10.1 Å². The standard InChI is InChI=1S/C13H16ClNO/c14-12-3-1-2-11(8-12)13(9-16)10-4-6-15-7-5-10/h1-3,8-10,13,15H,4-7H2. The molecule has 1 fully saturated rings. The Labute approximate surface area is 101 Å². The van der Waals surface area contributed by atoms with Crippen molar-refractivity contribution in [2.45, 2.75) is 18.8 Å². The first-order valence-electron chi connectivity index (χ1n) is 5.72. The summed E-state index contributed by atoms with van der Waals surface area (Å²) in [7, 11) is 0. The van der Waals surface area contributed by atoms with Crippen LogP contribution in [0, 0.1) is 5.92 Å². The van der Waals surface area contributed by atoms with Crippen LogP contribution in [0.4, 0.5) is 0 Å². The van der Waals surface area contributed by atoms with E-state index in [1.54, 1.807) is 0 Å². The number of halogens is 1. The Bertz CT molecular complexity index is 361. The van der Waals surface area contributed by atoms with Gasteiger partial charge in [-0.1, -0.05) is 23.7 Å². The molecule has 0 saturated carbocycles. The molecule has 1 unspecified atom stereocenters. The lowest BCUT2D eigenvalue weighted by molar-refractivity contribution is -0.110. The third kappa shape index (κ3) is 2.63. The van der Waals surface area contributed by atoms with Gasteiger partial charge in [-0.15, -0.1) is 0 Å². The molecule has 86 valence electrons. The molecule has 2 rings (SSSR count). The van der Waals surface area contributed by atoms with Crippen molar-refractivity contribution in [3.8, 4) is 0 Å². The van der Waals surface area contributed by atoms with Crippen molar-refractivity contribution in [2.75, 3.05) is 13.1 Å². The van der Waals surface area contributed by atoms with Crippen LogP contribution in [0.5, 0.6) is 0 Å². The fourth-order valence-corrected chi connectivity index (χ4v) is 2.58. The van der Waals surface area contributed by atoms with Gasteiger partial charge in [-0.25, -0.2) is 0 Å². The van der Waals surface area contributed by atoms with Crippen molar-refractivity contribution in [3.05, 3.63) is 34.9 Å². The van der Waals surface area contributed by atoms with Gasteiger partial charge >= 0.3 is 0 Å². The second-order valence-corrected chi connectivity index (χ2v) is 4.74. The van der Waals surface area contributed by atoms with Gasteiger partial charge in [-0.05, 0) is 49.5 Å². The molecule has 0 aliphatic carbocycles. The number of benzene rings is 1. The van der Waals surface area contributed by atoms with Crippen LogP contribution in [-0.4, -0.2) is 19.4 Å². The summed E-state index contributed by atoms with van der Waals surface area (Å²) in [5.74, 6) is 0.456. The first-order valence-corrected chi connectivity index (χ1v) is 6.10. The van der Waals surface area contributed by atoms with Gasteiger partial charge in [0.15, 0.2) is 0 Å². The van der Waals surface area contributed by atoms with E-state index in [-0.39, 0.29) is 5.92 Å². The molecule has 1 N–H and O–H groups in total. The summed E-state index contributed by atoms with van der Waals surface area (Å²) in [5, 5.41) is 4.02. The molecule has 0 aromatic heterocycles. The third-order valence-corrected chi connectivity index (χ3v) is 3.51. The van der Waals surface area contributed by atoms with Crippen molar-refractivity contribution in [3.63, 3.8) is 0 Å². The molecule has 1 aromatic rings. The maximum atomic E-state index is 11.3. The fraction of sp³-hybridized carbons (Fsp3) is 0.462. The molecule has 1 saturated heterocycles. The smallest absolute Gasteiger partial charge is 0.127 e. The summed E-state index contributed by atoms with van der Waals surface area (Å²) in [6.45, 7) is 2.02. The van der Waals surface area contributed by atoms with Crippen LogP contribution in [0.2, 0.25) is 5.02 Å². The topological polar surface area (TPSA) is 29.1 Å². The Morgan fingerprint density at radius 2 is 2.12 bits per heavy atom. The van der Waals surface area contributed by atoms with Crippen LogP contribution >= 0.6 is 11.6 Å². The minimum absolute atomic E-state index is 0.000741. The highest BCUT2D eigenvalue weighted by Crippen LogP contribution is 2.30. The highest BCUT2D eigenvalue weighted by atomic mass is 35.5. The maximum absolute atomic E-state index is 11.3. The molecule has 2 nitrogen and oxygen atoms in total. The van der Waals surface area contributed by atoms with E-state index in [0.29, 0.717) is 10.9 Å². The molecule has 0 bridgehead atoms. The van der Waals surface area contributed by atoms with Gasteiger partial charge in [-0.3, -0.25) is 0 Å². The number of rotatable bonds is 3. The summed E-state index contributed by atoms with van der Waals surface area (Å²) < 4.78 is 0. The van der Waals surface area contributed by atoms with Gasteiger partial charge in [-0.2, -0.15) is 0 Å². The van der Waals surface area contributed by atoms with Gasteiger partial charge in [0.25, 0.3) is 0 Å². The van der Waals surface area contributed by atoms with Gasteiger partial charge in [0.05, 0.1) is 0 Å². The summed E-state index contributed by atoms with van der Waals surface area (Å²) in [5.41, 5.74) is 1.05. The zero-order chi connectivity index (χ0) is 11.4. The Balaban J connectivity index is 2.17. The van der Waals surface area contributed by atoms with Crippen LogP contribution in [0.15, 0.2) is 24.3 Å². The molecular weight excluding hydrogens is 222 g/mol. The molecule has 1 aromatic carbocycles. The highest BCUT2D eigenvalue weighted by Gasteiger charge is 2.24. The minimum Gasteiger partial charge on any atom is -0.317 e. The summed E-state index contributed by atoms with van der Waals surface area (Å²) in [6.07, 6.45) is 3.20. The molecular formula is C13H16ClNO. The Morgan fingerprint density at radius 1 is 1.38 bits per heavy atom. The fourth-order valence-electron chi connectivity index (χ4n) is 2.38. The van der Waals surface area contributed by atoms with E-state index in [2.05, 4.69) is 5.32 Å². The Morgan fingerprint density at radius 3 is 2.75 bits per heavy atom. The average molecular weight is 238 g/mol. The lowest BCUT2D eigenvalue weighted by Gasteiger charge is -2.27. The highest BCUT2D eigenvalue weighted by molar-refractivity contribution is 6.30. The van der Waals surface area contributed by atoms with E-state index in [1.807, 2.05) is 24.3 Å². The summed E-state index contributed by atoms with van der Waals surface area (Å²) in [4.78, 5) is 11.3. The lowest BCUT2D eigenvalue weighted by Crippen LogP contribution is -2.31. The number of carbonyl (C=O) groups is 1. The quantitative estimate of drug-likeness (QED) is 0.819. The van der Waals surface area contributed by atoms with Crippen molar-refractivity contribution >= 4 is 17.9 Å². The molecule has 16 heavy (non-hydrogen) atoms. The predicted molar refractivity (Wildman–Crippen MR) is 65.9 cm³/mol. The SMILES string of the molecule is O=CC(c1cccc(Cl)c1)C1CCNCC1. The number of aldehydes is 1. The zero-order valence-corrected chi connectivity index (χ0v) is 9.91. The van der Waals surface area contributed by atoms with Gasteiger partial charge in [0, 0.05) is 10.9 Å². The van der Waals surface area contributed by atoms with Crippen LogP contribution in [0.3, 0.4) is 0 Å². The van der Waals surface area contributed by atoms with Crippen molar-refractivity contribution in [1.29, 1.82) is 0 Å². The molecule has 0 spiro atoms. The molecule has 1 aliphatic heterocycles. The molecule has 3 heteroatoms. The summed E-state index contributed by atoms with van der Waals surface area (Å²) >= 11 is 5.96. The first-order chi connectivity index (χ1) is 7.81. The van der Waals surface area contributed by atoms with Crippen molar-refractivity contribution < 1.29 is 4.79 Å². The lowest BCUT2D eigenvalue weighted by atomic mass is 9.81. The molecule has 0 radical (unpaired) electrons. The van der Waals surface area contributed by atoms with Crippen molar-refractivity contribution in [1.82, 2.24) is 5.32 Å². The number of nitrogens with one attached hydrogen (secondary N) is 1. The molecule has 0 amide bonds. The largest absolute Gasteiger partial charge is 0.317 e. The van der Waals surface area contributed by atoms with E-state index in [0.717, 1.165) is 37.8 Å². The second-order valence-electron chi connectivity index (χ2n) is 4.30. The Kier molecular flexibility index (Phi) is 3.97. The minimum atomic E-state index is 0.000741. The number of piperidine rings is 1. The zero-order valence-electron chi connectivity index (χ0n) is 9.16. The monoisotopic (exact) mass is 237 g/mol. The summed E-state index contributed by atoms with van der Waals surface area (Å²) in [6, 6.07) is 7.65. The van der Waals surface area contributed by atoms with Gasteiger partial charge in [0.2, 0.25) is 0 Å².